The fraction of sp³-hybridized carbons (Fsp3) is 0.474. The summed E-state index contributed by atoms with van der Waals surface area (Å²) in [7, 11) is 0. The summed E-state index contributed by atoms with van der Waals surface area (Å²) in [6, 6.07) is 9.99. The summed E-state index contributed by atoms with van der Waals surface area (Å²) < 4.78 is 5.23. The van der Waals surface area contributed by atoms with Crippen molar-refractivity contribution in [2.75, 3.05) is 38.0 Å². The molecule has 1 N–H and O–H groups in total. The second-order valence-electron chi connectivity index (χ2n) is 6.50. The van der Waals surface area contributed by atoms with Crippen LogP contribution in [0.4, 0.5) is 5.69 Å². The van der Waals surface area contributed by atoms with Crippen LogP contribution in [0.1, 0.15) is 23.4 Å². The molecule has 0 atom stereocenters. The third-order valence-corrected chi connectivity index (χ3v) is 4.73. The van der Waals surface area contributed by atoms with Crippen molar-refractivity contribution >= 4 is 11.6 Å². The number of hydrogen-bond acceptors (Lipinski definition) is 5. The maximum atomic E-state index is 12.4. The molecule has 6 heteroatoms. The molecule has 2 heterocycles. The Morgan fingerprint density at radius 3 is 2.52 bits per heavy atom. The Morgan fingerprint density at radius 1 is 1.16 bits per heavy atom. The molecule has 0 spiro atoms. The molecule has 25 heavy (non-hydrogen) atoms. The Hall–Kier alpha value is -2.34. The van der Waals surface area contributed by atoms with Crippen LogP contribution in [-0.2, 0) is 11.3 Å². The third-order valence-electron chi connectivity index (χ3n) is 4.73. The van der Waals surface area contributed by atoms with E-state index < -0.39 is 0 Å². The number of hydrogen-bond donors (Lipinski definition) is 1. The lowest BCUT2D eigenvalue weighted by Crippen LogP contribution is -2.48. The second-order valence-corrected chi connectivity index (χ2v) is 6.50. The molecule has 1 aromatic heterocycles. The quantitative estimate of drug-likeness (QED) is 0.874. The minimum absolute atomic E-state index is 0.223. The maximum Gasteiger partial charge on any atom is 0.224 e. The lowest BCUT2D eigenvalue weighted by molar-refractivity contribution is -0.132. The highest BCUT2D eigenvalue weighted by Gasteiger charge is 2.22. The highest BCUT2D eigenvalue weighted by Crippen LogP contribution is 2.16. The molecule has 0 radical (unpaired) electrons. The number of benzene rings is 1. The number of para-hydroxylation sites is 1. The third kappa shape index (κ3) is 4.60. The van der Waals surface area contributed by atoms with E-state index >= 15 is 0 Å². The average Bonchev–Trinajstić information content (AvgIpc) is 2.95. The van der Waals surface area contributed by atoms with Gasteiger partial charge in [0.1, 0.15) is 5.76 Å². The van der Waals surface area contributed by atoms with Gasteiger partial charge in [-0.3, -0.25) is 9.69 Å². The summed E-state index contributed by atoms with van der Waals surface area (Å²) in [4.78, 5) is 16.7. The molecule has 2 aromatic rings. The van der Waals surface area contributed by atoms with Crippen LogP contribution >= 0.6 is 0 Å². The number of carbonyl (C=O) groups is 1. The minimum atomic E-state index is 0.223. The van der Waals surface area contributed by atoms with E-state index in [-0.39, 0.29) is 5.91 Å². The van der Waals surface area contributed by atoms with Gasteiger partial charge in [0.2, 0.25) is 5.91 Å². The fourth-order valence-electron chi connectivity index (χ4n) is 3.13. The van der Waals surface area contributed by atoms with Gasteiger partial charge >= 0.3 is 0 Å². The van der Waals surface area contributed by atoms with E-state index in [0.717, 1.165) is 49.9 Å². The van der Waals surface area contributed by atoms with Crippen LogP contribution in [0.2, 0.25) is 0 Å². The van der Waals surface area contributed by atoms with Gasteiger partial charge in [0, 0.05) is 56.9 Å². The van der Waals surface area contributed by atoms with E-state index in [1.54, 1.807) is 0 Å². The number of nitrogens with zero attached hydrogens (tertiary/aromatic N) is 3. The van der Waals surface area contributed by atoms with Gasteiger partial charge in [-0.1, -0.05) is 23.4 Å². The second kappa shape index (κ2) is 8.16. The smallest absolute Gasteiger partial charge is 0.224 e. The van der Waals surface area contributed by atoms with Crippen molar-refractivity contribution in [3.05, 3.63) is 47.3 Å². The molecule has 134 valence electrons. The monoisotopic (exact) mass is 342 g/mol. The Balaban J connectivity index is 1.40. The van der Waals surface area contributed by atoms with Gasteiger partial charge in [0.15, 0.2) is 0 Å². The number of rotatable bonds is 6. The predicted molar refractivity (Wildman–Crippen MR) is 97.4 cm³/mol. The van der Waals surface area contributed by atoms with Gasteiger partial charge in [-0.25, -0.2) is 0 Å². The Morgan fingerprint density at radius 2 is 1.88 bits per heavy atom. The number of piperazine rings is 1. The van der Waals surface area contributed by atoms with Gasteiger partial charge in [-0.05, 0) is 26.0 Å². The molecule has 3 rings (SSSR count). The largest absolute Gasteiger partial charge is 0.385 e. The first kappa shape index (κ1) is 17.5. The van der Waals surface area contributed by atoms with Crippen molar-refractivity contribution in [1.82, 2.24) is 15.0 Å². The first-order valence-electron chi connectivity index (χ1n) is 8.84. The summed E-state index contributed by atoms with van der Waals surface area (Å²) in [6.45, 7) is 8.80. The zero-order chi connectivity index (χ0) is 17.6. The van der Waals surface area contributed by atoms with E-state index in [4.69, 9.17) is 4.52 Å². The van der Waals surface area contributed by atoms with Crippen LogP contribution in [0.5, 0.6) is 0 Å². The Labute approximate surface area is 148 Å². The van der Waals surface area contributed by atoms with Crippen molar-refractivity contribution < 1.29 is 9.32 Å². The van der Waals surface area contributed by atoms with Crippen LogP contribution in [0, 0.1) is 13.8 Å². The standard InChI is InChI=1S/C19H26N4O2/c1-15-18(16(2)25-21-15)14-22-10-12-23(13-11-22)19(24)8-9-20-17-6-4-3-5-7-17/h3-7,20H,8-14H2,1-2H3. The Bertz CT molecular complexity index is 671. The minimum Gasteiger partial charge on any atom is -0.385 e. The zero-order valence-corrected chi connectivity index (χ0v) is 15.0. The predicted octanol–water partition coefficient (Wildman–Crippen LogP) is 2.44. The van der Waals surface area contributed by atoms with Crippen LogP contribution in [0.25, 0.3) is 0 Å². The maximum absolute atomic E-state index is 12.4. The normalized spacial score (nSPS) is 15.4. The van der Waals surface area contributed by atoms with Crippen LogP contribution in [0.3, 0.4) is 0 Å². The lowest BCUT2D eigenvalue weighted by Gasteiger charge is -2.34. The molecule has 0 unspecified atom stereocenters. The van der Waals surface area contributed by atoms with Crippen molar-refractivity contribution in [2.24, 2.45) is 0 Å². The number of anilines is 1. The SMILES string of the molecule is Cc1noc(C)c1CN1CCN(C(=O)CCNc2ccccc2)CC1. The molecule has 1 aromatic carbocycles. The van der Waals surface area contributed by atoms with Crippen molar-refractivity contribution in [2.45, 2.75) is 26.8 Å². The van der Waals surface area contributed by atoms with Crippen LogP contribution in [-0.4, -0.2) is 53.6 Å². The molecule has 0 aliphatic carbocycles. The highest BCUT2D eigenvalue weighted by atomic mass is 16.5. The molecule has 0 bridgehead atoms. The first-order chi connectivity index (χ1) is 12.1. The van der Waals surface area contributed by atoms with E-state index in [1.165, 1.54) is 5.56 Å². The van der Waals surface area contributed by atoms with E-state index in [0.29, 0.717) is 13.0 Å². The molecule has 1 fully saturated rings. The van der Waals surface area contributed by atoms with E-state index in [2.05, 4.69) is 15.4 Å². The van der Waals surface area contributed by atoms with E-state index in [1.807, 2.05) is 49.1 Å². The molecule has 1 saturated heterocycles. The molecular weight excluding hydrogens is 316 g/mol. The number of amides is 1. The number of aromatic nitrogens is 1. The van der Waals surface area contributed by atoms with Gasteiger partial charge in [0.05, 0.1) is 5.69 Å². The van der Waals surface area contributed by atoms with Crippen LogP contribution < -0.4 is 5.32 Å². The van der Waals surface area contributed by atoms with Gasteiger partial charge < -0.3 is 14.7 Å². The van der Waals surface area contributed by atoms with Gasteiger partial charge in [-0.2, -0.15) is 0 Å². The summed E-state index contributed by atoms with van der Waals surface area (Å²) in [5, 5.41) is 7.30. The first-order valence-corrected chi connectivity index (χ1v) is 8.84. The number of nitrogens with one attached hydrogen (secondary N) is 1. The Kier molecular flexibility index (Phi) is 5.71. The van der Waals surface area contributed by atoms with E-state index in [9.17, 15) is 4.79 Å². The zero-order valence-electron chi connectivity index (χ0n) is 15.0. The molecule has 1 aliphatic heterocycles. The fourth-order valence-corrected chi connectivity index (χ4v) is 3.13. The van der Waals surface area contributed by atoms with Gasteiger partial charge in [0.25, 0.3) is 0 Å². The molecule has 6 nitrogen and oxygen atoms in total. The average molecular weight is 342 g/mol. The van der Waals surface area contributed by atoms with Crippen LogP contribution in [0.15, 0.2) is 34.9 Å². The van der Waals surface area contributed by atoms with Crippen molar-refractivity contribution in [3.8, 4) is 0 Å². The van der Waals surface area contributed by atoms with Gasteiger partial charge in [-0.15, -0.1) is 0 Å². The molecule has 0 saturated carbocycles. The van der Waals surface area contributed by atoms with Crippen molar-refractivity contribution in [1.29, 1.82) is 0 Å². The summed E-state index contributed by atoms with van der Waals surface area (Å²) in [5.74, 6) is 1.11. The molecular formula is C19H26N4O2. The summed E-state index contributed by atoms with van der Waals surface area (Å²) in [5.41, 5.74) is 3.19. The summed E-state index contributed by atoms with van der Waals surface area (Å²) >= 11 is 0. The lowest BCUT2D eigenvalue weighted by atomic mass is 10.1. The molecule has 1 aliphatic rings. The number of aryl methyl sites for hydroxylation is 2. The summed E-state index contributed by atoms with van der Waals surface area (Å²) in [6.07, 6.45) is 0.527. The highest BCUT2D eigenvalue weighted by molar-refractivity contribution is 5.76. The topological polar surface area (TPSA) is 61.6 Å². The molecule has 1 amide bonds. The van der Waals surface area contributed by atoms with Crippen molar-refractivity contribution in [3.63, 3.8) is 0 Å². The number of carbonyl (C=O) groups excluding carboxylic acids is 1.